The molecule has 1 aromatic rings. The second-order valence-electron chi connectivity index (χ2n) is 1.42. The first-order chi connectivity index (χ1) is 3.83. The minimum absolute atomic E-state index is 0.0732. The van der Waals surface area contributed by atoms with Gasteiger partial charge in [-0.1, -0.05) is 0 Å². The zero-order chi connectivity index (χ0) is 5.98. The molecule has 0 spiro atoms. The van der Waals surface area contributed by atoms with E-state index in [0.29, 0.717) is 0 Å². The Morgan fingerprint density at radius 3 is 2.75 bits per heavy atom. The van der Waals surface area contributed by atoms with Crippen molar-refractivity contribution in [2.24, 2.45) is 0 Å². The van der Waals surface area contributed by atoms with Crippen LogP contribution in [0.4, 0.5) is 0 Å². The SMILES string of the molecule is C[I-]n1cc(C)nn1. The van der Waals surface area contributed by atoms with Crippen LogP contribution in [0.3, 0.4) is 0 Å². The summed E-state index contributed by atoms with van der Waals surface area (Å²) in [5.74, 6) is 0. The third-order valence-electron chi connectivity index (χ3n) is 0.754. The van der Waals surface area contributed by atoms with Crippen LogP contribution in [0.5, 0.6) is 0 Å². The summed E-state index contributed by atoms with van der Waals surface area (Å²) in [5, 5.41) is 7.68. The monoisotopic (exact) mass is 224 g/mol. The fourth-order valence-electron chi connectivity index (χ4n) is 0.402. The molecule has 0 unspecified atom stereocenters. The van der Waals surface area contributed by atoms with Crippen LogP contribution in [-0.2, 0) is 0 Å². The number of nitrogens with zero attached hydrogens (tertiary/aromatic N) is 3. The normalized spacial score (nSPS) is 10.2. The van der Waals surface area contributed by atoms with Gasteiger partial charge < -0.3 is 0 Å². The van der Waals surface area contributed by atoms with E-state index in [9.17, 15) is 0 Å². The van der Waals surface area contributed by atoms with Crippen LogP contribution in [-0.4, -0.2) is 18.1 Å². The topological polar surface area (TPSA) is 30.7 Å². The summed E-state index contributed by atoms with van der Waals surface area (Å²) in [7, 11) is 0. The molecule has 46 valence electrons. The van der Waals surface area contributed by atoms with Crippen LogP contribution >= 0.6 is 0 Å². The zero-order valence-corrected chi connectivity index (χ0v) is 6.95. The second kappa shape index (κ2) is 2.43. The number of rotatable bonds is 1. The average Bonchev–Trinajstić information content (AvgIpc) is 2.14. The van der Waals surface area contributed by atoms with Crippen LogP contribution in [0.15, 0.2) is 6.20 Å². The van der Waals surface area contributed by atoms with Gasteiger partial charge >= 0.3 is 58.4 Å². The van der Waals surface area contributed by atoms with Gasteiger partial charge in [0.05, 0.1) is 0 Å². The molecule has 4 heteroatoms. The predicted molar refractivity (Wildman–Crippen MR) is 26.1 cm³/mol. The molecule has 0 amide bonds. The first-order valence-corrected chi connectivity index (χ1v) is 5.34. The molecule has 0 bridgehead atoms. The summed E-state index contributed by atoms with van der Waals surface area (Å²) in [6, 6.07) is 0. The van der Waals surface area contributed by atoms with Gasteiger partial charge in [0, 0.05) is 0 Å². The predicted octanol–water partition coefficient (Wildman–Crippen LogP) is -2.93. The molecule has 0 saturated carbocycles. The first-order valence-electron chi connectivity index (χ1n) is 2.22. The third kappa shape index (κ3) is 1.18. The standard InChI is InChI=1S/C4H7IN3/c1-4-3-8(5-2)7-6-4/h3H,1-2H3/q-1. The Balaban J connectivity index is 2.84. The number of hydrogen-bond acceptors (Lipinski definition) is 2. The van der Waals surface area contributed by atoms with E-state index < -0.39 is 0 Å². The molecule has 1 heterocycles. The molecule has 0 saturated heterocycles. The molecule has 0 radical (unpaired) electrons. The Hall–Kier alpha value is -0.130. The van der Waals surface area contributed by atoms with Crippen molar-refractivity contribution in [1.82, 2.24) is 13.2 Å². The van der Waals surface area contributed by atoms with E-state index in [-0.39, 0.29) is 21.5 Å². The van der Waals surface area contributed by atoms with Gasteiger partial charge in [0.25, 0.3) is 0 Å². The molecule has 0 aliphatic carbocycles. The van der Waals surface area contributed by atoms with Gasteiger partial charge in [0.2, 0.25) is 0 Å². The van der Waals surface area contributed by atoms with Gasteiger partial charge in [-0.15, -0.1) is 0 Å². The van der Waals surface area contributed by atoms with Crippen molar-refractivity contribution in [3.63, 3.8) is 0 Å². The van der Waals surface area contributed by atoms with Crippen molar-refractivity contribution in [3.05, 3.63) is 11.9 Å². The molecule has 1 aromatic heterocycles. The minimum atomic E-state index is 0.0732. The van der Waals surface area contributed by atoms with E-state index in [1.54, 1.807) is 0 Å². The molecule has 1 rings (SSSR count). The Bertz CT molecular complexity index is 172. The quantitative estimate of drug-likeness (QED) is 0.377. The average molecular weight is 224 g/mol. The molecule has 0 N–H and O–H groups in total. The summed E-state index contributed by atoms with van der Waals surface area (Å²) >= 11 is 0.0732. The number of aromatic nitrogens is 3. The van der Waals surface area contributed by atoms with E-state index in [4.69, 9.17) is 0 Å². The number of halogens is 1. The van der Waals surface area contributed by atoms with E-state index in [0.717, 1.165) is 5.69 Å². The summed E-state index contributed by atoms with van der Waals surface area (Å²) in [4.78, 5) is 2.15. The van der Waals surface area contributed by atoms with E-state index in [1.165, 1.54) is 0 Å². The van der Waals surface area contributed by atoms with Crippen molar-refractivity contribution in [2.45, 2.75) is 6.92 Å². The molecule has 8 heavy (non-hydrogen) atoms. The molecular weight excluding hydrogens is 217 g/mol. The molecule has 0 fully saturated rings. The van der Waals surface area contributed by atoms with Crippen LogP contribution in [0, 0.1) is 6.92 Å². The maximum absolute atomic E-state index is 3.85. The van der Waals surface area contributed by atoms with E-state index >= 15 is 0 Å². The van der Waals surface area contributed by atoms with Crippen molar-refractivity contribution in [2.75, 3.05) is 4.93 Å². The van der Waals surface area contributed by atoms with Gasteiger partial charge in [-0.05, 0) is 0 Å². The Kier molecular flexibility index (Phi) is 1.82. The van der Waals surface area contributed by atoms with Crippen molar-refractivity contribution in [1.29, 1.82) is 0 Å². The number of alkyl halides is 1. The summed E-state index contributed by atoms with van der Waals surface area (Å²) in [5.41, 5.74) is 1.01. The summed E-state index contributed by atoms with van der Waals surface area (Å²) in [6.45, 7) is 1.95. The molecule has 0 aliphatic rings. The maximum atomic E-state index is 3.85. The molecular formula is C4H7IN3-. The second-order valence-corrected chi connectivity index (χ2v) is 3.37. The van der Waals surface area contributed by atoms with Crippen LogP contribution in [0.25, 0.3) is 0 Å². The Labute approximate surface area is 58.7 Å². The number of aryl methyl sites for hydroxylation is 1. The van der Waals surface area contributed by atoms with E-state index in [2.05, 4.69) is 15.2 Å². The molecule has 0 atom stereocenters. The van der Waals surface area contributed by atoms with Crippen LogP contribution in [0.1, 0.15) is 5.69 Å². The van der Waals surface area contributed by atoms with E-state index in [1.807, 2.05) is 16.0 Å². The summed E-state index contributed by atoms with van der Waals surface area (Å²) in [6.07, 6.45) is 1.97. The van der Waals surface area contributed by atoms with Gasteiger partial charge in [0.15, 0.2) is 0 Å². The Morgan fingerprint density at radius 2 is 2.50 bits per heavy atom. The fraction of sp³-hybridized carbons (Fsp3) is 0.500. The fourth-order valence-corrected chi connectivity index (χ4v) is 1.37. The van der Waals surface area contributed by atoms with Crippen LogP contribution in [0.2, 0.25) is 0 Å². The first kappa shape index (κ1) is 6.00. The van der Waals surface area contributed by atoms with Gasteiger partial charge in [-0.25, -0.2) is 0 Å². The molecule has 3 nitrogen and oxygen atoms in total. The summed E-state index contributed by atoms with van der Waals surface area (Å²) < 4.78 is 1.91. The Morgan fingerprint density at radius 1 is 1.75 bits per heavy atom. The van der Waals surface area contributed by atoms with Crippen molar-refractivity contribution in [3.8, 4) is 0 Å². The van der Waals surface area contributed by atoms with Crippen LogP contribution < -0.4 is 21.5 Å². The zero-order valence-electron chi connectivity index (χ0n) is 4.80. The van der Waals surface area contributed by atoms with Crippen molar-refractivity contribution < 1.29 is 21.5 Å². The van der Waals surface area contributed by atoms with Gasteiger partial charge in [-0.3, -0.25) is 0 Å². The molecule has 0 aromatic carbocycles. The van der Waals surface area contributed by atoms with Gasteiger partial charge in [0.1, 0.15) is 0 Å². The number of hydrogen-bond donors (Lipinski definition) is 0. The third-order valence-corrected chi connectivity index (χ3v) is 2.21. The molecule has 0 aliphatic heterocycles. The van der Waals surface area contributed by atoms with Gasteiger partial charge in [-0.2, -0.15) is 0 Å². The van der Waals surface area contributed by atoms with Crippen molar-refractivity contribution >= 4 is 0 Å².